The third kappa shape index (κ3) is 11.2. The van der Waals surface area contributed by atoms with Gasteiger partial charge in [-0.1, -0.05) is 26.7 Å². The van der Waals surface area contributed by atoms with E-state index in [2.05, 4.69) is 6.92 Å². The van der Waals surface area contributed by atoms with E-state index >= 15 is 0 Å². The maximum Gasteiger partial charge on any atom is 0.305 e. The quantitative estimate of drug-likeness (QED) is 0.438. The van der Waals surface area contributed by atoms with E-state index in [0.717, 1.165) is 25.7 Å². The van der Waals surface area contributed by atoms with Crippen molar-refractivity contribution < 1.29 is 19.1 Å². The van der Waals surface area contributed by atoms with Crippen LogP contribution in [-0.2, 0) is 19.1 Å². The lowest BCUT2D eigenvalue weighted by molar-refractivity contribution is -0.147. The van der Waals surface area contributed by atoms with Crippen LogP contribution in [0, 0.1) is 0 Å². The van der Waals surface area contributed by atoms with Gasteiger partial charge in [-0.3, -0.25) is 9.59 Å². The summed E-state index contributed by atoms with van der Waals surface area (Å²) in [5, 5.41) is 0. The number of carbonyl (C=O) groups excluding carboxylic acids is 2. The number of ether oxygens (including phenoxy) is 2. The lowest BCUT2D eigenvalue weighted by Gasteiger charge is -2.05. The van der Waals surface area contributed by atoms with E-state index < -0.39 is 0 Å². The van der Waals surface area contributed by atoms with Gasteiger partial charge in [0.15, 0.2) is 0 Å². The highest BCUT2D eigenvalue weighted by Gasteiger charge is 2.04. The minimum absolute atomic E-state index is 0.191. The van der Waals surface area contributed by atoms with Crippen molar-refractivity contribution in [3.8, 4) is 0 Å². The van der Waals surface area contributed by atoms with Gasteiger partial charge in [0, 0.05) is 12.8 Å². The summed E-state index contributed by atoms with van der Waals surface area (Å²) < 4.78 is 9.95. The molecule has 0 N–H and O–H groups in total. The molecule has 0 aromatic heterocycles. The van der Waals surface area contributed by atoms with E-state index in [0.29, 0.717) is 32.5 Å². The normalized spacial score (nSPS) is 10.0. The monoisotopic (exact) mass is 244 g/mol. The van der Waals surface area contributed by atoms with Gasteiger partial charge >= 0.3 is 11.9 Å². The zero-order valence-electron chi connectivity index (χ0n) is 11.0. The van der Waals surface area contributed by atoms with E-state index in [1.165, 1.54) is 0 Å². The Kier molecular flexibility index (Phi) is 10.7. The summed E-state index contributed by atoms with van der Waals surface area (Å²) in [6, 6.07) is 0. The summed E-state index contributed by atoms with van der Waals surface area (Å²) in [5.41, 5.74) is 0. The van der Waals surface area contributed by atoms with Crippen LogP contribution in [0.3, 0.4) is 0 Å². The number of rotatable bonds is 10. The molecule has 0 rings (SSSR count). The summed E-state index contributed by atoms with van der Waals surface area (Å²) in [7, 11) is 0. The highest BCUT2D eigenvalue weighted by molar-refractivity contribution is 5.70. The lowest BCUT2D eigenvalue weighted by atomic mass is 10.3. The van der Waals surface area contributed by atoms with Crippen LogP contribution in [0.4, 0.5) is 0 Å². The lowest BCUT2D eigenvalue weighted by Crippen LogP contribution is -2.09. The Hall–Kier alpha value is -1.06. The van der Waals surface area contributed by atoms with Crippen LogP contribution in [0.25, 0.3) is 0 Å². The molecule has 0 bridgehead atoms. The Morgan fingerprint density at radius 1 is 0.765 bits per heavy atom. The van der Waals surface area contributed by atoms with Gasteiger partial charge in [0.05, 0.1) is 13.2 Å². The van der Waals surface area contributed by atoms with Crippen molar-refractivity contribution in [1.82, 2.24) is 0 Å². The second-order valence-electron chi connectivity index (χ2n) is 4.00. The Labute approximate surface area is 104 Å². The molecule has 0 fully saturated rings. The summed E-state index contributed by atoms with van der Waals surface area (Å²) in [6.45, 7) is 4.84. The molecule has 0 radical (unpaired) electrons. The standard InChI is InChI=1S/C13H24O4/c1-3-5-6-10-16-13(15)9-7-11-17-12(14)8-4-2/h3-11H2,1-2H3. The van der Waals surface area contributed by atoms with Gasteiger partial charge in [-0.15, -0.1) is 0 Å². The molecule has 4 nitrogen and oxygen atoms in total. The molecule has 0 aliphatic heterocycles. The van der Waals surface area contributed by atoms with Crippen molar-refractivity contribution in [3.05, 3.63) is 0 Å². The van der Waals surface area contributed by atoms with Crippen molar-refractivity contribution in [3.63, 3.8) is 0 Å². The number of hydrogen-bond acceptors (Lipinski definition) is 4. The Morgan fingerprint density at radius 3 is 1.94 bits per heavy atom. The van der Waals surface area contributed by atoms with Crippen LogP contribution in [0.1, 0.15) is 58.8 Å². The molecule has 0 saturated carbocycles. The van der Waals surface area contributed by atoms with Gasteiger partial charge in [-0.05, 0) is 19.3 Å². The highest BCUT2D eigenvalue weighted by Crippen LogP contribution is 1.99. The molecule has 0 aliphatic rings. The molecule has 17 heavy (non-hydrogen) atoms. The topological polar surface area (TPSA) is 52.6 Å². The van der Waals surface area contributed by atoms with Crippen molar-refractivity contribution >= 4 is 11.9 Å². The minimum Gasteiger partial charge on any atom is -0.466 e. The first-order chi connectivity index (χ1) is 8.20. The first-order valence-electron chi connectivity index (χ1n) is 6.52. The second kappa shape index (κ2) is 11.4. The molecule has 0 aromatic rings. The fraction of sp³-hybridized carbons (Fsp3) is 0.846. The number of carbonyl (C=O) groups is 2. The Bertz CT molecular complexity index is 213. The summed E-state index contributed by atoms with van der Waals surface area (Å²) >= 11 is 0. The van der Waals surface area contributed by atoms with Crippen molar-refractivity contribution in [2.24, 2.45) is 0 Å². The van der Waals surface area contributed by atoms with Crippen LogP contribution >= 0.6 is 0 Å². The van der Waals surface area contributed by atoms with Crippen molar-refractivity contribution in [2.45, 2.75) is 58.8 Å². The first-order valence-corrected chi connectivity index (χ1v) is 6.52. The molecule has 0 saturated heterocycles. The van der Waals surface area contributed by atoms with Gasteiger partial charge < -0.3 is 9.47 Å². The van der Waals surface area contributed by atoms with Gasteiger partial charge in [0.1, 0.15) is 0 Å². The molecular formula is C13H24O4. The largest absolute Gasteiger partial charge is 0.466 e. The third-order valence-corrected chi connectivity index (χ3v) is 2.25. The molecule has 0 heterocycles. The van der Waals surface area contributed by atoms with E-state index in [-0.39, 0.29) is 11.9 Å². The maximum absolute atomic E-state index is 11.2. The van der Waals surface area contributed by atoms with Gasteiger partial charge in [-0.2, -0.15) is 0 Å². The minimum atomic E-state index is -0.201. The zero-order chi connectivity index (χ0) is 12.9. The maximum atomic E-state index is 11.2. The molecule has 0 atom stereocenters. The van der Waals surface area contributed by atoms with Crippen LogP contribution < -0.4 is 0 Å². The Morgan fingerprint density at radius 2 is 1.35 bits per heavy atom. The fourth-order valence-corrected chi connectivity index (χ4v) is 1.29. The van der Waals surface area contributed by atoms with E-state index in [1.54, 1.807) is 0 Å². The first kappa shape index (κ1) is 15.9. The van der Waals surface area contributed by atoms with Crippen LogP contribution in [0.15, 0.2) is 0 Å². The van der Waals surface area contributed by atoms with E-state index in [1.807, 2.05) is 6.92 Å². The van der Waals surface area contributed by atoms with E-state index in [9.17, 15) is 9.59 Å². The molecule has 0 aliphatic carbocycles. The average Bonchev–Trinajstić information content (AvgIpc) is 2.31. The molecule has 0 aromatic carbocycles. The molecule has 0 unspecified atom stereocenters. The summed E-state index contributed by atoms with van der Waals surface area (Å²) in [5.74, 6) is -0.392. The SMILES string of the molecule is CCCCCOC(=O)CCCOC(=O)CCC. The number of esters is 2. The highest BCUT2D eigenvalue weighted by atomic mass is 16.5. The smallest absolute Gasteiger partial charge is 0.305 e. The van der Waals surface area contributed by atoms with Crippen LogP contribution in [0.5, 0.6) is 0 Å². The third-order valence-electron chi connectivity index (χ3n) is 2.25. The van der Waals surface area contributed by atoms with Gasteiger partial charge in [0.2, 0.25) is 0 Å². The molecule has 4 heteroatoms. The van der Waals surface area contributed by atoms with Crippen LogP contribution in [-0.4, -0.2) is 25.2 Å². The second-order valence-corrected chi connectivity index (χ2v) is 4.00. The van der Waals surface area contributed by atoms with Gasteiger partial charge in [0.25, 0.3) is 0 Å². The summed E-state index contributed by atoms with van der Waals surface area (Å²) in [6.07, 6.45) is 5.23. The molecule has 0 amide bonds. The molecule has 0 spiro atoms. The van der Waals surface area contributed by atoms with Crippen LogP contribution in [0.2, 0.25) is 0 Å². The average molecular weight is 244 g/mol. The van der Waals surface area contributed by atoms with Crippen molar-refractivity contribution in [1.29, 1.82) is 0 Å². The zero-order valence-corrected chi connectivity index (χ0v) is 11.0. The number of hydrogen-bond donors (Lipinski definition) is 0. The van der Waals surface area contributed by atoms with E-state index in [4.69, 9.17) is 9.47 Å². The predicted octanol–water partition coefficient (Wildman–Crippen LogP) is 2.84. The Balaban J connectivity index is 3.30. The fourth-order valence-electron chi connectivity index (χ4n) is 1.29. The van der Waals surface area contributed by atoms with Crippen molar-refractivity contribution in [2.75, 3.05) is 13.2 Å². The summed E-state index contributed by atoms with van der Waals surface area (Å²) in [4.78, 5) is 22.2. The van der Waals surface area contributed by atoms with Gasteiger partial charge in [-0.25, -0.2) is 0 Å². The number of unbranched alkanes of at least 4 members (excludes halogenated alkanes) is 2. The predicted molar refractivity (Wildman–Crippen MR) is 65.6 cm³/mol. The molecule has 100 valence electrons. The molecular weight excluding hydrogens is 220 g/mol.